The lowest BCUT2D eigenvalue weighted by Crippen LogP contribution is -1.84. The van der Waals surface area contributed by atoms with Gasteiger partial charge in [0.1, 0.15) is 5.69 Å². The summed E-state index contributed by atoms with van der Waals surface area (Å²) >= 11 is 1.52. The molecule has 3 heteroatoms. The van der Waals surface area contributed by atoms with Crippen LogP contribution < -0.4 is 0 Å². The van der Waals surface area contributed by atoms with Crippen molar-refractivity contribution in [2.45, 2.75) is 0 Å². The minimum absolute atomic E-state index is 0.892. The van der Waals surface area contributed by atoms with Crippen LogP contribution in [0.25, 0.3) is 21.8 Å². The van der Waals surface area contributed by atoms with Gasteiger partial charge in [-0.2, -0.15) is 0 Å². The summed E-state index contributed by atoms with van der Waals surface area (Å²) in [7, 11) is 0. The van der Waals surface area contributed by atoms with Crippen LogP contribution in [0.5, 0.6) is 0 Å². The molecule has 1 radical (unpaired) electrons. The molecular formula is C14H9N2S. The molecule has 0 fully saturated rings. The van der Waals surface area contributed by atoms with Crippen molar-refractivity contribution in [1.82, 2.24) is 9.97 Å². The van der Waals surface area contributed by atoms with E-state index in [2.05, 4.69) is 27.6 Å². The van der Waals surface area contributed by atoms with Crippen molar-refractivity contribution in [2.75, 3.05) is 0 Å². The minimum Gasteiger partial charge on any atom is -0.255 e. The first-order chi connectivity index (χ1) is 8.45. The lowest BCUT2D eigenvalue weighted by Gasteiger charge is -2.01. The zero-order chi connectivity index (χ0) is 11.5. The number of hydrogen-bond donors (Lipinski definition) is 0. The van der Waals surface area contributed by atoms with Crippen LogP contribution in [-0.2, 0) is 0 Å². The molecule has 2 nitrogen and oxygen atoms in total. The second-order valence-electron chi connectivity index (χ2n) is 3.56. The molecule has 0 unspecified atom stereocenters. The van der Waals surface area contributed by atoms with Crippen LogP contribution >= 0.6 is 11.3 Å². The maximum atomic E-state index is 4.33. The Labute approximate surface area is 104 Å². The first kappa shape index (κ1) is 10.2. The zero-order valence-electron chi connectivity index (χ0n) is 9.00. The fourth-order valence-corrected chi connectivity index (χ4v) is 2.40. The highest BCUT2D eigenvalue weighted by atomic mass is 32.1. The van der Waals surface area contributed by atoms with Gasteiger partial charge in [-0.15, -0.1) is 11.3 Å². The van der Waals surface area contributed by atoms with Gasteiger partial charge in [-0.05, 0) is 17.7 Å². The quantitative estimate of drug-likeness (QED) is 0.679. The molecule has 17 heavy (non-hydrogen) atoms. The number of benzene rings is 1. The Hall–Kier alpha value is -2.00. The molecule has 1 aromatic carbocycles. The van der Waals surface area contributed by atoms with Gasteiger partial charge in [-0.1, -0.05) is 36.4 Å². The summed E-state index contributed by atoms with van der Waals surface area (Å²) in [5.74, 6) is 0. The van der Waals surface area contributed by atoms with Gasteiger partial charge in [-0.3, -0.25) is 4.98 Å². The number of nitrogens with zero attached hydrogens (tertiary/aromatic N) is 2. The first-order valence-electron chi connectivity index (χ1n) is 5.29. The Morgan fingerprint density at radius 2 is 1.76 bits per heavy atom. The largest absolute Gasteiger partial charge is 0.255 e. The van der Waals surface area contributed by atoms with Gasteiger partial charge >= 0.3 is 0 Å². The summed E-state index contributed by atoms with van der Waals surface area (Å²) in [6.07, 6.45) is 1.78. The van der Waals surface area contributed by atoms with E-state index in [1.54, 1.807) is 6.20 Å². The molecular weight excluding hydrogens is 228 g/mol. The fraction of sp³-hybridized carbons (Fsp3) is 0. The zero-order valence-corrected chi connectivity index (χ0v) is 9.82. The lowest BCUT2D eigenvalue weighted by molar-refractivity contribution is 1.28. The van der Waals surface area contributed by atoms with E-state index in [9.17, 15) is 0 Å². The van der Waals surface area contributed by atoms with Crippen molar-refractivity contribution in [1.29, 1.82) is 0 Å². The van der Waals surface area contributed by atoms with Crippen molar-refractivity contribution in [3.63, 3.8) is 0 Å². The fourth-order valence-electron chi connectivity index (χ4n) is 1.67. The highest BCUT2D eigenvalue weighted by Crippen LogP contribution is 2.32. The average Bonchev–Trinajstić information content (AvgIpc) is 2.90. The predicted octanol–water partition coefficient (Wildman–Crippen LogP) is 3.67. The van der Waals surface area contributed by atoms with Crippen LogP contribution in [0, 0.1) is 5.51 Å². The maximum Gasteiger partial charge on any atom is 0.153 e. The standard InChI is InChI=1S/C14H9N2S/c1-2-6-11(7-3-1)14-13(16-10-17-14)12-8-4-5-9-15-12/h1-9H. The van der Waals surface area contributed by atoms with E-state index in [0.29, 0.717) is 0 Å². The van der Waals surface area contributed by atoms with Gasteiger partial charge < -0.3 is 0 Å². The van der Waals surface area contributed by atoms with Crippen molar-refractivity contribution in [2.24, 2.45) is 0 Å². The van der Waals surface area contributed by atoms with Gasteiger partial charge in [0, 0.05) is 6.20 Å². The Morgan fingerprint density at radius 1 is 0.941 bits per heavy atom. The highest BCUT2D eigenvalue weighted by molar-refractivity contribution is 7.13. The Balaban J connectivity index is 2.13. The number of aromatic nitrogens is 2. The van der Waals surface area contributed by atoms with E-state index in [0.717, 1.165) is 21.8 Å². The molecule has 0 saturated heterocycles. The third-order valence-electron chi connectivity index (χ3n) is 2.46. The molecule has 3 aromatic rings. The Kier molecular flexibility index (Phi) is 2.68. The van der Waals surface area contributed by atoms with Crippen LogP contribution in [0.2, 0.25) is 0 Å². The number of pyridine rings is 1. The molecule has 0 N–H and O–H groups in total. The van der Waals surface area contributed by atoms with Gasteiger partial charge in [0.2, 0.25) is 0 Å². The maximum absolute atomic E-state index is 4.33. The van der Waals surface area contributed by atoms with Crippen LogP contribution in [0.4, 0.5) is 0 Å². The SMILES string of the molecule is [c]1nc(-c2ccccn2)c(-c2ccccc2)s1. The molecule has 2 aromatic heterocycles. The first-order valence-corrected chi connectivity index (χ1v) is 6.10. The van der Waals surface area contributed by atoms with E-state index in [-0.39, 0.29) is 0 Å². The molecule has 0 saturated carbocycles. The van der Waals surface area contributed by atoms with Crippen molar-refractivity contribution >= 4 is 11.3 Å². The van der Waals surface area contributed by atoms with E-state index < -0.39 is 0 Å². The van der Waals surface area contributed by atoms with Crippen molar-refractivity contribution in [3.8, 4) is 21.8 Å². The van der Waals surface area contributed by atoms with E-state index in [4.69, 9.17) is 0 Å². The van der Waals surface area contributed by atoms with Gasteiger partial charge in [0.05, 0.1) is 10.6 Å². The third-order valence-corrected chi connectivity index (χ3v) is 3.28. The molecule has 0 aliphatic heterocycles. The van der Waals surface area contributed by atoms with Crippen molar-refractivity contribution < 1.29 is 0 Å². The summed E-state index contributed by atoms with van der Waals surface area (Å²) in [6, 6.07) is 16.1. The number of thiazole rings is 1. The lowest BCUT2D eigenvalue weighted by atomic mass is 10.1. The number of hydrogen-bond acceptors (Lipinski definition) is 3. The molecule has 0 aliphatic carbocycles. The summed E-state index contributed by atoms with van der Waals surface area (Å²) in [5.41, 5.74) is 5.90. The molecule has 0 atom stereocenters. The van der Waals surface area contributed by atoms with Crippen LogP contribution in [0.1, 0.15) is 0 Å². The van der Waals surface area contributed by atoms with Gasteiger partial charge in [0.15, 0.2) is 5.51 Å². The second-order valence-corrected chi connectivity index (χ2v) is 4.36. The highest BCUT2D eigenvalue weighted by Gasteiger charge is 2.11. The van der Waals surface area contributed by atoms with E-state index >= 15 is 0 Å². The van der Waals surface area contributed by atoms with Crippen LogP contribution in [-0.4, -0.2) is 9.97 Å². The van der Waals surface area contributed by atoms with Gasteiger partial charge in [-0.25, -0.2) is 4.98 Å². The molecule has 3 rings (SSSR count). The normalized spacial score (nSPS) is 10.4. The molecule has 0 spiro atoms. The average molecular weight is 237 g/mol. The number of rotatable bonds is 2. The van der Waals surface area contributed by atoms with Crippen LogP contribution in [0.3, 0.4) is 0 Å². The van der Waals surface area contributed by atoms with Crippen LogP contribution in [0.15, 0.2) is 54.7 Å². The topological polar surface area (TPSA) is 25.8 Å². The minimum atomic E-state index is 0.892. The summed E-state index contributed by atoms with van der Waals surface area (Å²) in [5, 5.41) is 0. The Morgan fingerprint density at radius 3 is 2.53 bits per heavy atom. The second kappa shape index (κ2) is 4.47. The molecule has 0 bridgehead atoms. The third kappa shape index (κ3) is 1.97. The molecule has 81 valence electrons. The van der Waals surface area contributed by atoms with E-state index in [1.165, 1.54) is 11.3 Å². The molecule has 0 aliphatic rings. The predicted molar refractivity (Wildman–Crippen MR) is 69.6 cm³/mol. The Bertz CT molecular complexity index is 548. The van der Waals surface area contributed by atoms with Gasteiger partial charge in [0.25, 0.3) is 0 Å². The van der Waals surface area contributed by atoms with Crippen molar-refractivity contribution in [3.05, 3.63) is 60.2 Å². The summed E-state index contributed by atoms with van der Waals surface area (Å²) in [4.78, 5) is 9.74. The molecule has 0 amide bonds. The van der Waals surface area contributed by atoms with E-state index in [1.807, 2.05) is 36.4 Å². The smallest absolute Gasteiger partial charge is 0.153 e. The summed E-state index contributed by atoms with van der Waals surface area (Å²) in [6.45, 7) is 0. The monoisotopic (exact) mass is 237 g/mol. The molecule has 2 heterocycles. The summed E-state index contributed by atoms with van der Waals surface area (Å²) < 4.78 is 0.